The summed E-state index contributed by atoms with van der Waals surface area (Å²) in [4.78, 5) is 12.3. The van der Waals surface area contributed by atoms with Gasteiger partial charge in [-0.3, -0.25) is 0 Å². The average Bonchev–Trinajstić information content (AvgIpc) is 3.03. The molecule has 1 aromatic heterocycles. The molecule has 2 bridgehead atoms. The van der Waals surface area contributed by atoms with E-state index in [4.69, 9.17) is 15.7 Å². The Bertz CT molecular complexity index is 712. The lowest BCUT2D eigenvalue weighted by molar-refractivity contribution is 0.0619. The summed E-state index contributed by atoms with van der Waals surface area (Å²) >= 11 is 0. The van der Waals surface area contributed by atoms with Crippen LogP contribution in [0.25, 0.3) is 0 Å². The van der Waals surface area contributed by atoms with Gasteiger partial charge in [0.15, 0.2) is 0 Å². The number of hydrogen-bond acceptors (Lipinski definition) is 5. The molecule has 0 amide bonds. The topological polar surface area (TPSA) is 67.1 Å². The zero-order valence-corrected chi connectivity index (χ0v) is 16.4. The third-order valence-electron chi connectivity index (χ3n) is 8.60. The maximum Gasteiger partial charge on any atom is 0.222 e. The number of nitrogen functional groups attached to an aromatic ring is 1. The van der Waals surface area contributed by atoms with Gasteiger partial charge in [-0.2, -0.15) is 4.98 Å². The van der Waals surface area contributed by atoms with Crippen molar-refractivity contribution < 1.29 is 0 Å². The first-order chi connectivity index (χ1) is 13.3. The molecule has 5 nitrogen and oxygen atoms in total. The average molecular weight is 368 g/mol. The number of nitrogens with one attached hydrogen (secondary N) is 1. The summed E-state index contributed by atoms with van der Waals surface area (Å²) < 4.78 is 0. The molecule has 5 fully saturated rings. The summed E-state index contributed by atoms with van der Waals surface area (Å²) in [5.41, 5.74) is 9.12. The Kier molecular flexibility index (Phi) is 3.89. The largest absolute Gasteiger partial charge is 0.368 e. The number of hydrogen-bond donors (Lipinski definition) is 2. The second kappa shape index (κ2) is 6.33. The van der Waals surface area contributed by atoms with Crippen LogP contribution in [0, 0.1) is 23.7 Å². The zero-order valence-electron chi connectivity index (χ0n) is 16.4. The fourth-order valence-electron chi connectivity index (χ4n) is 7.43. The lowest BCUT2D eigenvalue weighted by atomic mass is 9.57. The van der Waals surface area contributed by atoms with E-state index in [0.29, 0.717) is 17.9 Å². The zero-order chi connectivity index (χ0) is 18.0. The van der Waals surface area contributed by atoms with Gasteiger partial charge in [0.25, 0.3) is 0 Å². The van der Waals surface area contributed by atoms with E-state index in [-0.39, 0.29) is 0 Å². The molecule has 3 saturated carbocycles. The second-order valence-electron chi connectivity index (χ2n) is 9.89. The van der Waals surface area contributed by atoms with Gasteiger partial charge in [-0.15, -0.1) is 0 Å². The van der Waals surface area contributed by atoms with Gasteiger partial charge in [0.1, 0.15) is 5.82 Å². The molecule has 6 aliphatic rings. The van der Waals surface area contributed by atoms with Crippen LogP contribution < -0.4 is 16.0 Å². The second-order valence-corrected chi connectivity index (χ2v) is 9.89. The van der Waals surface area contributed by atoms with Crippen molar-refractivity contribution in [3.8, 4) is 0 Å². The molecule has 3 heterocycles. The molecule has 3 N–H and O–H groups in total. The smallest absolute Gasteiger partial charge is 0.222 e. The van der Waals surface area contributed by atoms with Crippen molar-refractivity contribution in [2.45, 2.75) is 69.7 Å². The molecule has 27 heavy (non-hydrogen) atoms. The number of aromatic nitrogens is 2. The van der Waals surface area contributed by atoms with Crippen molar-refractivity contribution in [2.75, 3.05) is 30.3 Å². The van der Waals surface area contributed by atoms with Crippen LogP contribution in [0.2, 0.25) is 0 Å². The van der Waals surface area contributed by atoms with E-state index in [1.54, 1.807) is 0 Å². The maximum absolute atomic E-state index is 6.30. The van der Waals surface area contributed by atoms with Gasteiger partial charge in [-0.1, -0.05) is 0 Å². The predicted octanol–water partition coefficient (Wildman–Crippen LogP) is 3.10. The minimum atomic E-state index is 0.508. The molecule has 2 saturated heterocycles. The first-order valence-electron chi connectivity index (χ1n) is 11.4. The Labute approximate surface area is 162 Å². The van der Waals surface area contributed by atoms with Gasteiger partial charge in [0.2, 0.25) is 5.95 Å². The van der Waals surface area contributed by atoms with Gasteiger partial charge in [0.05, 0.1) is 5.69 Å². The summed E-state index contributed by atoms with van der Waals surface area (Å²) in [6.07, 6.45) is 12.2. The molecule has 4 atom stereocenters. The van der Waals surface area contributed by atoms with Crippen LogP contribution in [0.4, 0.5) is 11.8 Å². The van der Waals surface area contributed by atoms with Crippen molar-refractivity contribution >= 4 is 11.8 Å². The van der Waals surface area contributed by atoms with Gasteiger partial charge in [0, 0.05) is 30.6 Å². The third-order valence-corrected chi connectivity index (χ3v) is 8.60. The quantitative estimate of drug-likeness (QED) is 0.798. The van der Waals surface area contributed by atoms with Crippen LogP contribution in [-0.2, 0) is 6.42 Å². The number of nitrogens with two attached hydrogens (primary N) is 1. The van der Waals surface area contributed by atoms with Crippen molar-refractivity contribution in [3.05, 3.63) is 11.3 Å². The molecule has 146 valence electrons. The van der Waals surface area contributed by atoms with E-state index in [9.17, 15) is 0 Å². The number of rotatable bonds is 1. The lowest BCUT2D eigenvalue weighted by Crippen LogP contribution is -2.40. The first-order valence-corrected chi connectivity index (χ1v) is 11.4. The highest BCUT2D eigenvalue weighted by atomic mass is 15.3. The van der Waals surface area contributed by atoms with Gasteiger partial charge in [-0.05, 0) is 88.0 Å². The molecule has 0 aromatic carbocycles. The van der Waals surface area contributed by atoms with E-state index >= 15 is 0 Å². The van der Waals surface area contributed by atoms with E-state index < -0.39 is 0 Å². The Morgan fingerprint density at radius 3 is 2.59 bits per heavy atom. The van der Waals surface area contributed by atoms with Crippen LogP contribution in [0.3, 0.4) is 0 Å². The summed E-state index contributed by atoms with van der Waals surface area (Å²) in [5, 5.41) is 3.74. The van der Waals surface area contributed by atoms with Crippen molar-refractivity contribution in [2.24, 2.45) is 23.7 Å². The SMILES string of the molecule is Nc1nc2c(c(N3CC4CCCNC4C3)n1)CCCC1C3CCC(CC3)C21. The third kappa shape index (κ3) is 2.60. The van der Waals surface area contributed by atoms with Crippen molar-refractivity contribution in [1.29, 1.82) is 0 Å². The molecule has 7 rings (SSSR count). The summed E-state index contributed by atoms with van der Waals surface area (Å²) in [6, 6.07) is 0.634. The predicted molar refractivity (Wildman–Crippen MR) is 108 cm³/mol. The van der Waals surface area contributed by atoms with Gasteiger partial charge < -0.3 is 16.0 Å². The molecule has 5 heteroatoms. The summed E-state index contributed by atoms with van der Waals surface area (Å²) in [5.74, 6) is 5.75. The van der Waals surface area contributed by atoms with E-state index in [0.717, 1.165) is 43.2 Å². The van der Waals surface area contributed by atoms with E-state index in [1.807, 2.05) is 0 Å². The standard InChI is InChI=1S/C22H33N5/c23-22-25-20-17(5-1-4-16-13-6-8-14(9-7-13)19(16)20)21(26-22)27-11-15-3-2-10-24-18(15)12-27/h13-16,18-19,24H,1-12H2,(H2,23,25,26). The van der Waals surface area contributed by atoms with Gasteiger partial charge in [-0.25, -0.2) is 4.98 Å². The number of piperidine rings is 1. The van der Waals surface area contributed by atoms with Crippen LogP contribution >= 0.6 is 0 Å². The molecule has 0 spiro atoms. The molecular weight excluding hydrogens is 334 g/mol. The summed E-state index contributed by atoms with van der Waals surface area (Å²) in [7, 11) is 0. The minimum absolute atomic E-state index is 0.508. The molecule has 4 aliphatic carbocycles. The normalized spacial score (nSPS) is 40.2. The highest BCUT2D eigenvalue weighted by molar-refractivity contribution is 5.55. The van der Waals surface area contributed by atoms with Crippen LogP contribution in [-0.4, -0.2) is 35.6 Å². The number of anilines is 2. The van der Waals surface area contributed by atoms with Crippen LogP contribution in [0.5, 0.6) is 0 Å². The van der Waals surface area contributed by atoms with Crippen molar-refractivity contribution in [1.82, 2.24) is 15.3 Å². The van der Waals surface area contributed by atoms with Crippen molar-refractivity contribution in [3.63, 3.8) is 0 Å². The fourth-order valence-corrected chi connectivity index (χ4v) is 7.43. The molecule has 1 aromatic rings. The van der Waals surface area contributed by atoms with Crippen LogP contribution in [0.1, 0.15) is 68.5 Å². The van der Waals surface area contributed by atoms with Gasteiger partial charge >= 0.3 is 0 Å². The van der Waals surface area contributed by atoms with E-state index in [2.05, 4.69) is 10.2 Å². The minimum Gasteiger partial charge on any atom is -0.368 e. The molecule has 2 aliphatic heterocycles. The molecule has 4 unspecified atom stereocenters. The number of fused-ring (bicyclic) bond motifs is 4. The number of nitrogens with zero attached hydrogens (tertiary/aromatic N) is 3. The molecular formula is C22H33N5. The lowest BCUT2D eigenvalue weighted by Gasteiger charge is -2.48. The maximum atomic E-state index is 6.30. The Hall–Kier alpha value is -1.36. The molecule has 0 radical (unpaired) electrons. The highest BCUT2D eigenvalue weighted by Gasteiger charge is 2.47. The fraction of sp³-hybridized carbons (Fsp3) is 0.818. The van der Waals surface area contributed by atoms with Crippen LogP contribution in [0.15, 0.2) is 0 Å². The Morgan fingerprint density at radius 1 is 0.889 bits per heavy atom. The first kappa shape index (κ1) is 16.6. The monoisotopic (exact) mass is 367 g/mol. The van der Waals surface area contributed by atoms with E-state index in [1.165, 1.54) is 75.0 Å². The Balaban J connectivity index is 1.40. The Morgan fingerprint density at radius 2 is 1.74 bits per heavy atom. The highest BCUT2D eigenvalue weighted by Crippen LogP contribution is 2.56. The summed E-state index contributed by atoms with van der Waals surface area (Å²) in [6.45, 7) is 3.40.